The van der Waals surface area contributed by atoms with Crippen LogP contribution in [0.15, 0.2) is 10.5 Å². The molecule has 0 aliphatic carbocycles. The number of hydrogen-bond donors (Lipinski definition) is 3. The fraction of sp³-hybridized carbons (Fsp3) is 0.333. The second-order valence-electron chi connectivity index (χ2n) is 4.40. The van der Waals surface area contributed by atoms with Crippen LogP contribution in [0.4, 0.5) is 4.79 Å². The molecule has 1 aromatic heterocycles. The molecule has 0 atom stereocenters. The van der Waals surface area contributed by atoms with E-state index in [2.05, 4.69) is 10.6 Å². The number of carboxylic acid groups (broad SMARTS) is 1. The Balaban J connectivity index is 1.89. The molecule has 21 heavy (non-hydrogen) atoms. The molecule has 112 valence electrons. The summed E-state index contributed by atoms with van der Waals surface area (Å²) in [4.78, 5) is 45.8. The average molecular weight is 295 g/mol. The highest BCUT2D eigenvalue weighted by Crippen LogP contribution is 2.14. The highest BCUT2D eigenvalue weighted by Gasteiger charge is 2.30. The lowest BCUT2D eigenvalue weighted by Gasteiger charge is -2.11. The molecule has 9 nitrogen and oxygen atoms in total. The molecule has 4 amide bonds. The molecule has 1 aliphatic heterocycles. The smallest absolute Gasteiger partial charge is 0.339 e. The number of rotatable bonds is 5. The summed E-state index contributed by atoms with van der Waals surface area (Å²) in [5.74, 6) is -1.63. The third-order valence-corrected chi connectivity index (χ3v) is 2.90. The Morgan fingerprint density at radius 3 is 2.71 bits per heavy atom. The monoisotopic (exact) mass is 295 g/mol. The first-order valence-corrected chi connectivity index (χ1v) is 6.06. The zero-order valence-corrected chi connectivity index (χ0v) is 11.1. The van der Waals surface area contributed by atoms with Gasteiger partial charge in [-0.2, -0.15) is 0 Å². The van der Waals surface area contributed by atoms with E-state index in [1.54, 1.807) is 0 Å². The van der Waals surface area contributed by atoms with Crippen LogP contribution in [0.3, 0.4) is 0 Å². The summed E-state index contributed by atoms with van der Waals surface area (Å²) in [7, 11) is 0. The van der Waals surface area contributed by atoms with E-state index in [4.69, 9.17) is 9.52 Å². The Morgan fingerprint density at radius 2 is 2.19 bits per heavy atom. The van der Waals surface area contributed by atoms with Gasteiger partial charge in [0, 0.05) is 0 Å². The molecule has 0 saturated carbocycles. The molecule has 0 spiro atoms. The second-order valence-corrected chi connectivity index (χ2v) is 4.40. The first-order valence-electron chi connectivity index (χ1n) is 6.06. The fourth-order valence-corrected chi connectivity index (χ4v) is 1.84. The minimum Gasteiger partial charge on any atom is -0.478 e. The van der Waals surface area contributed by atoms with Crippen LogP contribution in [0.5, 0.6) is 0 Å². The Bertz CT molecular complexity index is 605. The molecule has 0 unspecified atom stereocenters. The van der Waals surface area contributed by atoms with E-state index in [1.807, 2.05) is 0 Å². The quantitative estimate of drug-likeness (QED) is 0.625. The average Bonchev–Trinajstić information content (AvgIpc) is 2.94. The third-order valence-electron chi connectivity index (χ3n) is 2.90. The van der Waals surface area contributed by atoms with Crippen molar-refractivity contribution in [2.75, 3.05) is 13.1 Å². The fourth-order valence-electron chi connectivity index (χ4n) is 1.84. The molecule has 3 N–H and O–H groups in total. The van der Waals surface area contributed by atoms with Gasteiger partial charge in [-0.1, -0.05) is 0 Å². The number of nitrogens with zero attached hydrogens (tertiary/aromatic N) is 1. The summed E-state index contributed by atoms with van der Waals surface area (Å²) in [5.41, 5.74) is 0.0216. The molecular weight excluding hydrogens is 282 g/mol. The van der Waals surface area contributed by atoms with Crippen LogP contribution in [0.25, 0.3) is 0 Å². The topological polar surface area (TPSA) is 129 Å². The first kappa shape index (κ1) is 14.6. The Kier molecular flexibility index (Phi) is 3.92. The minimum atomic E-state index is -1.12. The molecule has 0 radical (unpaired) electrons. The van der Waals surface area contributed by atoms with Crippen molar-refractivity contribution < 1.29 is 28.7 Å². The van der Waals surface area contributed by atoms with E-state index in [-0.39, 0.29) is 30.2 Å². The summed E-state index contributed by atoms with van der Waals surface area (Å²) in [6.45, 7) is 0.959. The van der Waals surface area contributed by atoms with E-state index >= 15 is 0 Å². The number of aromatic carboxylic acids is 1. The minimum absolute atomic E-state index is 0.0216. The van der Waals surface area contributed by atoms with Crippen molar-refractivity contribution >= 4 is 23.8 Å². The molecular formula is C12H13N3O6. The summed E-state index contributed by atoms with van der Waals surface area (Å²) < 4.78 is 5.18. The predicted molar refractivity (Wildman–Crippen MR) is 67.4 cm³/mol. The third kappa shape index (κ3) is 3.19. The number of carbonyl (C=O) groups is 4. The molecule has 1 aromatic rings. The van der Waals surface area contributed by atoms with Gasteiger partial charge in [-0.3, -0.25) is 14.5 Å². The van der Waals surface area contributed by atoms with Gasteiger partial charge in [0.05, 0.1) is 13.1 Å². The van der Waals surface area contributed by atoms with E-state index in [1.165, 1.54) is 13.0 Å². The van der Waals surface area contributed by atoms with Crippen LogP contribution in [0.2, 0.25) is 0 Å². The van der Waals surface area contributed by atoms with Gasteiger partial charge < -0.3 is 20.2 Å². The molecule has 1 fully saturated rings. The highest BCUT2D eigenvalue weighted by atomic mass is 16.4. The van der Waals surface area contributed by atoms with Gasteiger partial charge in [0.15, 0.2) is 0 Å². The lowest BCUT2D eigenvalue weighted by Crippen LogP contribution is -2.40. The zero-order valence-electron chi connectivity index (χ0n) is 11.1. The lowest BCUT2D eigenvalue weighted by molar-refractivity contribution is -0.130. The van der Waals surface area contributed by atoms with Crippen molar-refractivity contribution in [1.29, 1.82) is 0 Å². The van der Waals surface area contributed by atoms with Gasteiger partial charge in [-0.05, 0) is 13.0 Å². The van der Waals surface area contributed by atoms with Gasteiger partial charge >= 0.3 is 12.0 Å². The largest absolute Gasteiger partial charge is 0.478 e. The zero-order chi connectivity index (χ0) is 15.6. The number of nitrogens with one attached hydrogen (secondary N) is 2. The Hall–Kier alpha value is -2.84. The number of carbonyl (C=O) groups excluding carboxylic acids is 3. The summed E-state index contributed by atoms with van der Waals surface area (Å²) in [6.07, 6.45) is 0. The normalized spacial score (nSPS) is 14.2. The molecule has 2 rings (SSSR count). The number of aryl methyl sites for hydroxylation is 1. The molecule has 0 aromatic carbocycles. The molecule has 1 saturated heterocycles. The molecule has 1 aliphatic rings. The predicted octanol–water partition coefficient (Wildman–Crippen LogP) is -0.546. The van der Waals surface area contributed by atoms with E-state index in [0.29, 0.717) is 0 Å². The van der Waals surface area contributed by atoms with Gasteiger partial charge in [-0.15, -0.1) is 0 Å². The number of imide groups is 1. The number of carboxylic acids is 1. The summed E-state index contributed by atoms with van der Waals surface area (Å²) in [5, 5.41) is 13.6. The van der Waals surface area contributed by atoms with Gasteiger partial charge in [-0.25, -0.2) is 9.59 Å². The number of furan rings is 1. The van der Waals surface area contributed by atoms with Crippen LogP contribution < -0.4 is 10.6 Å². The van der Waals surface area contributed by atoms with Crippen LogP contribution in [0.1, 0.15) is 21.9 Å². The second kappa shape index (κ2) is 5.65. The van der Waals surface area contributed by atoms with E-state index in [0.717, 1.165) is 4.90 Å². The van der Waals surface area contributed by atoms with Crippen molar-refractivity contribution in [1.82, 2.24) is 15.5 Å². The van der Waals surface area contributed by atoms with E-state index < -0.39 is 30.4 Å². The van der Waals surface area contributed by atoms with Gasteiger partial charge in [0.1, 0.15) is 23.6 Å². The maximum absolute atomic E-state index is 11.6. The van der Waals surface area contributed by atoms with E-state index in [9.17, 15) is 19.2 Å². The summed E-state index contributed by atoms with van der Waals surface area (Å²) in [6, 6.07) is 0.697. The van der Waals surface area contributed by atoms with Crippen LogP contribution in [-0.4, -0.2) is 46.9 Å². The number of hydrogen-bond acceptors (Lipinski definition) is 5. The molecule has 2 heterocycles. The van der Waals surface area contributed by atoms with Crippen molar-refractivity contribution in [3.05, 3.63) is 23.2 Å². The highest BCUT2D eigenvalue weighted by molar-refractivity contribution is 6.04. The standard InChI is InChI=1S/C12H13N3O6/c1-6-8(11(18)19)2-7(21-6)3-13-9(16)5-15-10(17)4-14-12(15)20/h2H,3-5H2,1H3,(H,13,16)(H,14,20)(H,18,19). The van der Waals surface area contributed by atoms with Gasteiger partial charge in [0.25, 0.3) is 5.91 Å². The summed E-state index contributed by atoms with van der Waals surface area (Å²) >= 11 is 0. The van der Waals surface area contributed by atoms with Crippen molar-refractivity contribution in [3.63, 3.8) is 0 Å². The maximum atomic E-state index is 11.6. The number of urea groups is 1. The van der Waals surface area contributed by atoms with Crippen LogP contribution >= 0.6 is 0 Å². The first-order chi connectivity index (χ1) is 9.88. The van der Waals surface area contributed by atoms with Crippen molar-refractivity contribution in [2.24, 2.45) is 0 Å². The molecule has 0 bridgehead atoms. The lowest BCUT2D eigenvalue weighted by atomic mass is 10.2. The Morgan fingerprint density at radius 1 is 1.48 bits per heavy atom. The van der Waals surface area contributed by atoms with Crippen molar-refractivity contribution in [3.8, 4) is 0 Å². The Labute approximate surface area is 118 Å². The number of amides is 4. The van der Waals surface area contributed by atoms with Crippen molar-refractivity contribution in [2.45, 2.75) is 13.5 Å². The maximum Gasteiger partial charge on any atom is 0.339 e. The van der Waals surface area contributed by atoms with Crippen LogP contribution in [-0.2, 0) is 16.1 Å². The van der Waals surface area contributed by atoms with Gasteiger partial charge in [0.2, 0.25) is 5.91 Å². The SMILES string of the molecule is Cc1oc(CNC(=O)CN2C(=O)CNC2=O)cc1C(=O)O. The van der Waals surface area contributed by atoms with Crippen LogP contribution in [0, 0.1) is 6.92 Å². The molecule has 9 heteroatoms.